The molecule has 0 spiro atoms. The van der Waals surface area contributed by atoms with Crippen LogP contribution in [0.25, 0.3) is 22.3 Å². The average Bonchev–Trinajstić information content (AvgIpc) is 3.35. The van der Waals surface area contributed by atoms with Gasteiger partial charge in [-0.05, 0) is 44.2 Å². The van der Waals surface area contributed by atoms with Crippen molar-refractivity contribution in [1.82, 2.24) is 28.7 Å². The summed E-state index contributed by atoms with van der Waals surface area (Å²) < 4.78 is 3.89. The van der Waals surface area contributed by atoms with Gasteiger partial charge in [-0.15, -0.1) is 0 Å². The smallest absolute Gasteiger partial charge is 0.254 e. The molecule has 0 bridgehead atoms. The molecule has 0 atom stereocenters. The summed E-state index contributed by atoms with van der Waals surface area (Å²) in [6, 6.07) is 11.3. The van der Waals surface area contributed by atoms with Crippen molar-refractivity contribution < 1.29 is 4.79 Å². The summed E-state index contributed by atoms with van der Waals surface area (Å²) >= 11 is 0. The van der Waals surface area contributed by atoms with E-state index in [-0.39, 0.29) is 5.91 Å². The summed E-state index contributed by atoms with van der Waals surface area (Å²) in [5.74, 6) is 0.316. The molecule has 5 aromatic rings. The van der Waals surface area contributed by atoms with Crippen LogP contribution in [-0.4, -0.2) is 41.1 Å². The van der Waals surface area contributed by atoms with Crippen molar-refractivity contribution in [3.63, 3.8) is 0 Å². The first-order valence-electron chi connectivity index (χ1n) is 9.80. The number of hydrogen-bond acceptors (Lipinski definition) is 5. The zero-order valence-electron chi connectivity index (χ0n) is 16.8. The van der Waals surface area contributed by atoms with Crippen molar-refractivity contribution in [2.24, 2.45) is 0 Å². The third-order valence-corrected chi connectivity index (χ3v) is 5.31. The number of nitrogens with zero attached hydrogens (tertiary/aromatic N) is 6. The lowest BCUT2D eigenvalue weighted by molar-refractivity contribution is 0.0751. The Morgan fingerprint density at radius 2 is 2.07 bits per heavy atom. The topological polar surface area (TPSA) is 93.8 Å². The molecule has 1 amide bonds. The van der Waals surface area contributed by atoms with Gasteiger partial charge in [0.1, 0.15) is 5.65 Å². The van der Waals surface area contributed by atoms with Crippen molar-refractivity contribution in [1.29, 1.82) is 0 Å². The predicted molar refractivity (Wildman–Crippen MR) is 115 cm³/mol. The van der Waals surface area contributed by atoms with Crippen LogP contribution < -0.4 is 5.73 Å². The predicted octanol–water partition coefficient (Wildman–Crippen LogP) is 3.08. The third-order valence-electron chi connectivity index (χ3n) is 5.31. The number of aryl methyl sites for hydroxylation is 1. The van der Waals surface area contributed by atoms with Crippen LogP contribution in [0.5, 0.6) is 0 Å². The van der Waals surface area contributed by atoms with Crippen LogP contribution >= 0.6 is 0 Å². The molecule has 0 unspecified atom stereocenters. The molecule has 5 rings (SSSR count). The Labute approximate surface area is 172 Å². The van der Waals surface area contributed by atoms with Crippen molar-refractivity contribution in [2.45, 2.75) is 20.4 Å². The van der Waals surface area contributed by atoms with Crippen molar-refractivity contribution >= 4 is 34.1 Å². The van der Waals surface area contributed by atoms with Crippen molar-refractivity contribution in [3.8, 4) is 0 Å². The second kappa shape index (κ2) is 6.84. The first-order valence-corrected chi connectivity index (χ1v) is 9.80. The number of carbonyl (C=O) groups excluding carboxylic acids is 1. The van der Waals surface area contributed by atoms with Crippen LogP contribution in [0.4, 0.5) is 5.82 Å². The van der Waals surface area contributed by atoms with Crippen LogP contribution in [0.2, 0.25) is 0 Å². The maximum absolute atomic E-state index is 13.3. The molecule has 0 aliphatic rings. The van der Waals surface area contributed by atoms with E-state index in [0.717, 1.165) is 28.1 Å². The number of anilines is 1. The lowest BCUT2D eigenvalue weighted by Crippen LogP contribution is -2.30. The second-order valence-electron chi connectivity index (χ2n) is 7.28. The van der Waals surface area contributed by atoms with Gasteiger partial charge >= 0.3 is 0 Å². The number of fused-ring (bicyclic) bond motifs is 4. The first-order chi connectivity index (χ1) is 14.5. The molecule has 2 N–H and O–H groups in total. The molecule has 0 saturated carbocycles. The Kier molecular flexibility index (Phi) is 4.13. The molecule has 1 aromatic carbocycles. The lowest BCUT2D eigenvalue weighted by Gasteiger charge is -2.20. The maximum Gasteiger partial charge on any atom is 0.254 e. The van der Waals surface area contributed by atoms with Crippen molar-refractivity contribution in [2.75, 3.05) is 12.3 Å². The van der Waals surface area contributed by atoms with E-state index in [1.54, 1.807) is 17.2 Å². The number of pyridine rings is 1. The van der Waals surface area contributed by atoms with E-state index in [9.17, 15) is 4.79 Å². The first kappa shape index (κ1) is 18.1. The fraction of sp³-hybridized carbons (Fsp3) is 0.182. The van der Waals surface area contributed by atoms with Gasteiger partial charge in [0.25, 0.3) is 5.91 Å². The van der Waals surface area contributed by atoms with Crippen LogP contribution in [0.3, 0.4) is 0 Å². The SMILES string of the molecule is CCN(Cc1cn2ccccc2n1)C(=O)c1ccc2nc(N)c3ncc(C)n3c2c1. The third kappa shape index (κ3) is 2.85. The molecule has 0 fully saturated rings. The van der Waals surface area contributed by atoms with E-state index in [2.05, 4.69) is 15.0 Å². The summed E-state index contributed by atoms with van der Waals surface area (Å²) in [5.41, 5.74) is 11.4. The average molecular weight is 399 g/mol. The van der Waals surface area contributed by atoms with Gasteiger partial charge in [0.15, 0.2) is 11.5 Å². The number of nitrogen functional groups attached to an aromatic ring is 1. The fourth-order valence-electron chi connectivity index (χ4n) is 3.80. The van der Waals surface area contributed by atoms with E-state index in [4.69, 9.17) is 5.73 Å². The molecule has 8 heteroatoms. The summed E-state index contributed by atoms with van der Waals surface area (Å²) in [6.45, 7) is 4.93. The van der Waals surface area contributed by atoms with E-state index >= 15 is 0 Å². The normalized spacial score (nSPS) is 11.5. The molecule has 4 heterocycles. The standard InChI is InChI=1S/C22H21N7O/c1-3-27(12-16-13-28-9-5-4-6-19(28)25-16)22(30)15-7-8-17-18(10-15)29-14(2)11-24-21(29)20(23)26-17/h4-11,13H,3,12H2,1-2H3,(H2,23,26). The van der Waals surface area contributed by atoms with E-state index in [1.165, 1.54) is 0 Å². The Morgan fingerprint density at radius 3 is 2.87 bits per heavy atom. The maximum atomic E-state index is 13.3. The summed E-state index contributed by atoms with van der Waals surface area (Å²) in [6.07, 6.45) is 5.66. The van der Waals surface area contributed by atoms with Crippen LogP contribution in [0, 0.1) is 6.92 Å². The van der Waals surface area contributed by atoms with Gasteiger partial charge in [-0.25, -0.2) is 15.0 Å². The van der Waals surface area contributed by atoms with Crippen LogP contribution in [0.15, 0.2) is 55.0 Å². The highest BCUT2D eigenvalue weighted by Gasteiger charge is 2.18. The number of aromatic nitrogens is 5. The molecule has 0 aliphatic carbocycles. The largest absolute Gasteiger partial charge is 0.381 e. The fourth-order valence-corrected chi connectivity index (χ4v) is 3.80. The molecular weight excluding hydrogens is 378 g/mol. The van der Waals surface area contributed by atoms with Gasteiger partial charge in [0.2, 0.25) is 0 Å². The van der Waals surface area contributed by atoms with E-state index in [1.807, 2.05) is 65.4 Å². The number of nitrogens with two attached hydrogens (primary N) is 1. The number of carbonyl (C=O) groups is 1. The van der Waals surface area contributed by atoms with Crippen LogP contribution in [-0.2, 0) is 6.54 Å². The number of hydrogen-bond donors (Lipinski definition) is 1. The van der Waals surface area contributed by atoms with Gasteiger partial charge in [-0.1, -0.05) is 6.07 Å². The zero-order valence-corrected chi connectivity index (χ0v) is 16.8. The molecule has 0 aliphatic heterocycles. The molecule has 150 valence electrons. The summed E-state index contributed by atoms with van der Waals surface area (Å²) in [4.78, 5) is 28.5. The minimum absolute atomic E-state index is 0.0563. The minimum atomic E-state index is -0.0563. The molecule has 0 radical (unpaired) electrons. The number of amides is 1. The van der Waals surface area contributed by atoms with Gasteiger partial charge in [-0.3, -0.25) is 9.20 Å². The van der Waals surface area contributed by atoms with E-state index < -0.39 is 0 Å². The highest BCUT2D eigenvalue weighted by molar-refractivity contribution is 5.98. The number of rotatable bonds is 4. The summed E-state index contributed by atoms with van der Waals surface area (Å²) in [5, 5.41) is 0. The monoisotopic (exact) mass is 399 g/mol. The van der Waals surface area contributed by atoms with Crippen molar-refractivity contribution in [3.05, 3.63) is 71.9 Å². The number of benzene rings is 1. The number of imidazole rings is 2. The van der Waals surface area contributed by atoms with Gasteiger partial charge in [-0.2, -0.15) is 0 Å². The Bertz CT molecular complexity index is 1380. The molecule has 30 heavy (non-hydrogen) atoms. The second-order valence-corrected chi connectivity index (χ2v) is 7.28. The lowest BCUT2D eigenvalue weighted by atomic mass is 10.1. The van der Waals surface area contributed by atoms with Gasteiger partial charge < -0.3 is 15.0 Å². The Morgan fingerprint density at radius 1 is 1.20 bits per heavy atom. The highest BCUT2D eigenvalue weighted by atomic mass is 16.2. The summed E-state index contributed by atoms with van der Waals surface area (Å²) in [7, 11) is 0. The van der Waals surface area contributed by atoms with E-state index in [0.29, 0.717) is 30.1 Å². The highest BCUT2D eigenvalue weighted by Crippen LogP contribution is 2.23. The molecular formula is C22H21N7O. The Balaban J connectivity index is 1.52. The molecule has 4 aromatic heterocycles. The molecule has 0 saturated heterocycles. The van der Waals surface area contributed by atoms with Gasteiger partial charge in [0, 0.05) is 36.4 Å². The Hall–Kier alpha value is -3.94. The minimum Gasteiger partial charge on any atom is -0.381 e. The van der Waals surface area contributed by atoms with Crippen LogP contribution in [0.1, 0.15) is 28.7 Å². The zero-order chi connectivity index (χ0) is 20.8. The quantitative estimate of drug-likeness (QED) is 0.501. The molecule has 8 nitrogen and oxygen atoms in total. The van der Waals surface area contributed by atoms with Gasteiger partial charge in [0.05, 0.1) is 23.3 Å².